The number of ether oxygens (including phenoxy) is 1. The smallest absolute Gasteiger partial charge is 0.387 e. The van der Waals surface area contributed by atoms with E-state index in [1.807, 2.05) is 13.8 Å². The molecule has 0 fully saturated rings. The number of nitrogens with zero attached hydrogens (tertiary/aromatic N) is 1. The summed E-state index contributed by atoms with van der Waals surface area (Å²) in [7, 11) is 0. The Hall–Kier alpha value is -1.78. The first-order valence-corrected chi connectivity index (χ1v) is 5.52. The number of pyridine rings is 1. The van der Waals surface area contributed by atoms with E-state index in [4.69, 9.17) is 0 Å². The van der Waals surface area contributed by atoms with Crippen molar-refractivity contribution < 1.29 is 17.9 Å². The Balaban J connectivity index is 2.61. The fourth-order valence-corrected chi connectivity index (χ4v) is 1.84. The van der Waals surface area contributed by atoms with Gasteiger partial charge in [-0.3, -0.25) is 0 Å². The molecule has 2 rings (SSSR count). The van der Waals surface area contributed by atoms with Crippen LogP contribution < -0.4 is 4.74 Å². The van der Waals surface area contributed by atoms with Crippen LogP contribution in [0, 0.1) is 0 Å². The van der Waals surface area contributed by atoms with E-state index in [1.54, 1.807) is 24.3 Å². The highest BCUT2D eigenvalue weighted by molar-refractivity contribution is 5.89. The lowest BCUT2D eigenvalue weighted by atomic mass is 9.99. The predicted octanol–water partition coefficient (Wildman–Crippen LogP) is 4.26. The molecule has 0 amide bonds. The highest BCUT2D eigenvalue weighted by atomic mass is 19.4. The fourth-order valence-electron chi connectivity index (χ4n) is 1.84. The van der Waals surface area contributed by atoms with Crippen molar-refractivity contribution in [1.82, 2.24) is 4.98 Å². The molecule has 2 nitrogen and oxygen atoms in total. The third-order valence-electron chi connectivity index (χ3n) is 2.62. The average Bonchev–Trinajstić information content (AvgIpc) is 2.27. The molecule has 1 heterocycles. The third-order valence-corrected chi connectivity index (χ3v) is 2.62. The minimum absolute atomic E-state index is 0.183. The van der Waals surface area contributed by atoms with E-state index < -0.39 is 12.2 Å². The monoisotopic (exact) mass is 255 g/mol. The molecule has 96 valence electrons. The second kappa shape index (κ2) is 4.48. The van der Waals surface area contributed by atoms with Gasteiger partial charge < -0.3 is 4.74 Å². The van der Waals surface area contributed by atoms with Gasteiger partial charge in [-0.2, -0.15) is 0 Å². The molecule has 0 spiro atoms. The highest BCUT2D eigenvalue weighted by Crippen LogP contribution is 2.32. The molecule has 0 unspecified atom stereocenters. The van der Waals surface area contributed by atoms with Gasteiger partial charge in [0.1, 0.15) is 0 Å². The lowest BCUT2D eigenvalue weighted by molar-refractivity contribution is -0.275. The molecular formula is C13H12F3NO. The Morgan fingerprint density at radius 2 is 1.72 bits per heavy atom. The Bertz CT molecular complexity index is 564. The standard InChI is InChI=1S/C13H12F3NO/c1-8(2)11-7-17-12(18-13(14,15)16)10-6-4-3-5-9(10)11/h3-8H,1-2H3. The van der Waals surface area contributed by atoms with Crippen LogP contribution in [0.25, 0.3) is 10.8 Å². The number of hydrogen-bond donors (Lipinski definition) is 0. The van der Waals surface area contributed by atoms with E-state index in [0.29, 0.717) is 5.39 Å². The summed E-state index contributed by atoms with van der Waals surface area (Å²) in [5.74, 6) is -0.218. The van der Waals surface area contributed by atoms with Crippen molar-refractivity contribution in [3.8, 4) is 5.88 Å². The van der Waals surface area contributed by atoms with Gasteiger partial charge in [0.25, 0.3) is 0 Å². The van der Waals surface area contributed by atoms with Gasteiger partial charge in [0.05, 0.1) is 0 Å². The van der Waals surface area contributed by atoms with Crippen LogP contribution in [0.2, 0.25) is 0 Å². The van der Waals surface area contributed by atoms with Crippen LogP contribution in [-0.2, 0) is 0 Å². The third kappa shape index (κ3) is 2.55. The Labute approximate surface area is 102 Å². The van der Waals surface area contributed by atoms with Crippen LogP contribution >= 0.6 is 0 Å². The minimum atomic E-state index is -4.73. The van der Waals surface area contributed by atoms with Crippen molar-refractivity contribution in [2.75, 3.05) is 0 Å². The van der Waals surface area contributed by atoms with Crippen LogP contribution in [0.1, 0.15) is 25.3 Å². The van der Waals surface area contributed by atoms with Crippen LogP contribution in [0.5, 0.6) is 5.88 Å². The molecule has 0 aliphatic carbocycles. The van der Waals surface area contributed by atoms with Crippen LogP contribution in [0.3, 0.4) is 0 Å². The summed E-state index contributed by atoms with van der Waals surface area (Å²) in [6.07, 6.45) is -3.29. The second-order valence-electron chi connectivity index (χ2n) is 4.27. The minimum Gasteiger partial charge on any atom is -0.387 e. The van der Waals surface area contributed by atoms with E-state index in [9.17, 15) is 13.2 Å². The summed E-state index contributed by atoms with van der Waals surface area (Å²) in [6, 6.07) is 6.80. The maximum Gasteiger partial charge on any atom is 0.574 e. The SMILES string of the molecule is CC(C)c1cnc(OC(F)(F)F)c2ccccc12. The molecule has 1 aromatic heterocycles. The predicted molar refractivity (Wildman–Crippen MR) is 62.5 cm³/mol. The van der Waals surface area contributed by atoms with Gasteiger partial charge in [-0.1, -0.05) is 32.0 Å². The van der Waals surface area contributed by atoms with Gasteiger partial charge >= 0.3 is 6.36 Å². The first-order valence-electron chi connectivity index (χ1n) is 5.52. The molecule has 1 aromatic carbocycles. The Kier molecular flexibility index (Phi) is 3.15. The Morgan fingerprint density at radius 1 is 1.11 bits per heavy atom. The van der Waals surface area contributed by atoms with E-state index in [2.05, 4.69) is 9.72 Å². The molecule has 5 heteroatoms. The van der Waals surface area contributed by atoms with Crippen molar-refractivity contribution in [3.05, 3.63) is 36.0 Å². The largest absolute Gasteiger partial charge is 0.574 e. The number of rotatable bonds is 2. The van der Waals surface area contributed by atoms with Crippen molar-refractivity contribution >= 4 is 10.8 Å². The molecule has 0 bridgehead atoms. The molecule has 0 aliphatic rings. The van der Waals surface area contributed by atoms with Gasteiger partial charge in [-0.15, -0.1) is 13.2 Å². The number of benzene rings is 1. The fraction of sp³-hybridized carbons (Fsp3) is 0.308. The lowest BCUT2D eigenvalue weighted by Crippen LogP contribution is -2.18. The van der Waals surface area contributed by atoms with E-state index in [-0.39, 0.29) is 5.92 Å². The first kappa shape index (κ1) is 12.7. The quantitative estimate of drug-likeness (QED) is 0.800. The maximum absolute atomic E-state index is 12.3. The molecule has 0 saturated heterocycles. The van der Waals surface area contributed by atoms with E-state index >= 15 is 0 Å². The molecule has 2 aromatic rings. The molecule has 0 radical (unpaired) electrons. The second-order valence-corrected chi connectivity index (χ2v) is 4.27. The van der Waals surface area contributed by atoms with E-state index in [1.165, 1.54) is 6.20 Å². The van der Waals surface area contributed by atoms with Crippen molar-refractivity contribution in [2.24, 2.45) is 0 Å². The van der Waals surface area contributed by atoms with Gasteiger partial charge in [0, 0.05) is 11.6 Å². The number of aromatic nitrogens is 1. The number of hydrogen-bond acceptors (Lipinski definition) is 2. The normalized spacial score (nSPS) is 12.1. The molecule has 0 atom stereocenters. The summed E-state index contributed by atoms with van der Waals surface area (Å²) in [5, 5.41) is 1.11. The van der Waals surface area contributed by atoms with Gasteiger partial charge in [-0.25, -0.2) is 4.98 Å². The maximum atomic E-state index is 12.3. The van der Waals surface area contributed by atoms with Crippen LogP contribution in [0.4, 0.5) is 13.2 Å². The zero-order chi connectivity index (χ0) is 13.3. The van der Waals surface area contributed by atoms with Crippen molar-refractivity contribution in [2.45, 2.75) is 26.1 Å². The number of halogens is 3. The summed E-state index contributed by atoms with van der Waals surface area (Å²) >= 11 is 0. The van der Waals surface area contributed by atoms with Gasteiger partial charge in [0.2, 0.25) is 5.88 Å². The number of fused-ring (bicyclic) bond motifs is 1. The summed E-state index contributed by atoms with van der Waals surface area (Å²) in [5.41, 5.74) is 0.903. The van der Waals surface area contributed by atoms with Crippen molar-refractivity contribution in [1.29, 1.82) is 0 Å². The summed E-state index contributed by atoms with van der Waals surface area (Å²) in [6.45, 7) is 3.93. The average molecular weight is 255 g/mol. The van der Waals surface area contributed by atoms with Crippen molar-refractivity contribution in [3.63, 3.8) is 0 Å². The topological polar surface area (TPSA) is 22.1 Å². The zero-order valence-electron chi connectivity index (χ0n) is 9.95. The molecule has 0 aliphatic heterocycles. The first-order chi connectivity index (χ1) is 8.38. The summed E-state index contributed by atoms with van der Waals surface area (Å²) < 4.78 is 40.7. The highest BCUT2D eigenvalue weighted by Gasteiger charge is 2.32. The zero-order valence-corrected chi connectivity index (χ0v) is 9.95. The van der Waals surface area contributed by atoms with E-state index in [0.717, 1.165) is 10.9 Å². The molecule has 0 N–H and O–H groups in total. The van der Waals surface area contributed by atoms with Crippen LogP contribution in [0.15, 0.2) is 30.5 Å². The molecule has 18 heavy (non-hydrogen) atoms. The van der Waals surface area contributed by atoms with Crippen LogP contribution in [-0.4, -0.2) is 11.3 Å². The lowest BCUT2D eigenvalue weighted by Gasteiger charge is -2.14. The van der Waals surface area contributed by atoms with Gasteiger partial charge in [-0.05, 0) is 22.9 Å². The van der Waals surface area contributed by atoms with Gasteiger partial charge in [0.15, 0.2) is 0 Å². The summed E-state index contributed by atoms with van der Waals surface area (Å²) in [4.78, 5) is 3.77. The number of alkyl halides is 3. The Morgan fingerprint density at radius 3 is 2.28 bits per heavy atom. The molecule has 0 saturated carbocycles. The molecular weight excluding hydrogens is 243 g/mol.